The minimum Gasteiger partial charge on any atom is -0.389 e. The molecular weight excluding hydrogens is 248 g/mol. The van der Waals surface area contributed by atoms with Crippen LogP contribution in [0.15, 0.2) is 35.9 Å². The average molecular weight is 270 g/mol. The molecule has 3 saturated carbocycles. The predicted molar refractivity (Wildman–Crippen MR) is 80.0 cm³/mol. The van der Waals surface area contributed by atoms with Crippen LogP contribution in [0.4, 0.5) is 0 Å². The van der Waals surface area contributed by atoms with Crippen molar-refractivity contribution in [2.45, 2.75) is 38.7 Å². The van der Waals surface area contributed by atoms with Crippen LogP contribution in [0.2, 0.25) is 0 Å². The molecule has 3 fully saturated rings. The first-order valence-electron chi connectivity index (χ1n) is 7.11. The zero-order valence-electron chi connectivity index (χ0n) is 10.9. The van der Waals surface area contributed by atoms with E-state index in [1.165, 1.54) is 11.1 Å². The number of aliphatic hydroxyl groups is 1. The van der Waals surface area contributed by atoms with Crippen LogP contribution in [-0.2, 0) is 4.79 Å². The zero-order chi connectivity index (χ0) is 13.1. The van der Waals surface area contributed by atoms with Crippen LogP contribution < -0.4 is 0 Å². The summed E-state index contributed by atoms with van der Waals surface area (Å²) in [5.41, 5.74) is 1.71. The summed E-state index contributed by atoms with van der Waals surface area (Å²) in [6.07, 6.45) is 6.74. The lowest BCUT2D eigenvalue weighted by molar-refractivity contribution is -0.112. The van der Waals surface area contributed by atoms with E-state index in [1.54, 1.807) is 0 Å². The van der Waals surface area contributed by atoms with Crippen molar-refractivity contribution >= 4 is 12.4 Å². The molecule has 1 N–H and O–H groups in total. The Balaban J connectivity index is 0.00000121. The van der Waals surface area contributed by atoms with Crippen molar-refractivity contribution in [3.8, 4) is 0 Å². The van der Waals surface area contributed by atoms with Gasteiger partial charge in [0.15, 0.2) is 0 Å². The molecule has 4 atom stereocenters. The van der Waals surface area contributed by atoms with E-state index in [2.05, 4.69) is 18.2 Å². The van der Waals surface area contributed by atoms with Gasteiger partial charge in [-0.15, -0.1) is 0 Å². The van der Waals surface area contributed by atoms with Gasteiger partial charge >= 0.3 is 0 Å². The van der Waals surface area contributed by atoms with Gasteiger partial charge in [-0.1, -0.05) is 49.4 Å². The molecule has 0 saturated heterocycles. The van der Waals surface area contributed by atoms with Crippen molar-refractivity contribution in [3.63, 3.8) is 0 Å². The third-order valence-corrected chi connectivity index (χ3v) is 5.54. The number of hydrogen-bond acceptors (Lipinski definition) is 2. The van der Waals surface area contributed by atoms with Crippen molar-refractivity contribution < 1.29 is 9.90 Å². The second kappa shape index (κ2) is 4.29. The lowest BCUT2D eigenvalue weighted by atomic mass is 9.79. The van der Waals surface area contributed by atoms with Gasteiger partial charge in [0.1, 0.15) is 6.29 Å². The minimum absolute atomic E-state index is 0. The summed E-state index contributed by atoms with van der Waals surface area (Å²) >= 11 is 0. The molecule has 20 heavy (non-hydrogen) atoms. The lowest BCUT2D eigenvalue weighted by Gasteiger charge is -2.32. The van der Waals surface area contributed by atoms with Gasteiger partial charge in [0.2, 0.25) is 0 Å². The Bertz CT molecular complexity index is 562. The molecule has 3 aliphatic rings. The summed E-state index contributed by atoms with van der Waals surface area (Å²) in [7, 11) is 0. The highest BCUT2D eigenvalue weighted by atomic mass is 16.3. The van der Waals surface area contributed by atoms with E-state index in [1.807, 2.05) is 18.2 Å². The SMILES string of the molecule is C.O=C[C@@]12CC[C@]3(O)C/C(=C/c4ccccc4)CC1[C@@H]32. The van der Waals surface area contributed by atoms with Gasteiger partial charge in [-0.25, -0.2) is 0 Å². The molecule has 1 aromatic carbocycles. The maximum Gasteiger partial charge on any atom is 0.126 e. The molecule has 3 aliphatic carbocycles. The smallest absolute Gasteiger partial charge is 0.126 e. The highest BCUT2D eigenvalue weighted by Crippen LogP contribution is 2.76. The zero-order valence-corrected chi connectivity index (χ0v) is 10.9. The Morgan fingerprint density at radius 1 is 1.20 bits per heavy atom. The number of aldehydes is 1. The molecule has 2 nitrogen and oxygen atoms in total. The first-order valence-corrected chi connectivity index (χ1v) is 7.11. The highest BCUT2D eigenvalue weighted by Gasteiger charge is 2.76. The Morgan fingerprint density at radius 2 is 1.95 bits per heavy atom. The Morgan fingerprint density at radius 3 is 2.65 bits per heavy atom. The summed E-state index contributed by atoms with van der Waals surface area (Å²) in [5, 5.41) is 10.8. The predicted octanol–water partition coefficient (Wildman–Crippen LogP) is 3.46. The van der Waals surface area contributed by atoms with Crippen molar-refractivity contribution in [1.82, 2.24) is 0 Å². The molecule has 0 aliphatic heterocycles. The molecule has 0 radical (unpaired) electrons. The van der Waals surface area contributed by atoms with Crippen molar-refractivity contribution in [1.29, 1.82) is 0 Å². The van der Waals surface area contributed by atoms with Crippen LogP contribution in [0, 0.1) is 17.3 Å². The quantitative estimate of drug-likeness (QED) is 0.836. The summed E-state index contributed by atoms with van der Waals surface area (Å²) in [4.78, 5) is 11.4. The van der Waals surface area contributed by atoms with E-state index in [0.29, 0.717) is 5.92 Å². The van der Waals surface area contributed by atoms with E-state index in [-0.39, 0.29) is 18.8 Å². The number of fused-ring (bicyclic) bond motifs is 1. The fourth-order valence-electron chi connectivity index (χ4n) is 4.71. The third-order valence-electron chi connectivity index (χ3n) is 5.54. The van der Waals surface area contributed by atoms with Gasteiger partial charge < -0.3 is 9.90 Å². The van der Waals surface area contributed by atoms with Gasteiger partial charge in [-0.05, 0) is 37.2 Å². The molecule has 4 rings (SSSR count). The van der Waals surface area contributed by atoms with Crippen molar-refractivity contribution in [3.05, 3.63) is 41.5 Å². The lowest BCUT2D eigenvalue weighted by Crippen LogP contribution is -2.33. The number of carbonyl (C=O) groups is 1. The highest BCUT2D eigenvalue weighted by molar-refractivity contribution is 5.70. The van der Waals surface area contributed by atoms with Gasteiger partial charge in [0.05, 0.1) is 5.60 Å². The molecule has 0 amide bonds. The normalized spacial score (nSPS) is 42.8. The molecule has 1 unspecified atom stereocenters. The second-order valence-corrected chi connectivity index (χ2v) is 6.51. The standard InChI is InChI=1S/C17H18O2.CH4/c18-11-16-6-7-17(19)10-13(9-14(16)15(16)17)8-12-4-2-1-3-5-12;/h1-5,8,11,14-15,19H,6-7,9-10H2;1H4/b13-8+;/t14?,15-,16+,17+;/m1./s1. The Hall–Kier alpha value is -1.41. The van der Waals surface area contributed by atoms with Crippen LogP contribution in [0.1, 0.15) is 38.7 Å². The molecule has 1 aromatic rings. The van der Waals surface area contributed by atoms with E-state index in [9.17, 15) is 9.90 Å². The summed E-state index contributed by atoms with van der Waals surface area (Å²) in [5.74, 6) is 0.637. The summed E-state index contributed by atoms with van der Waals surface area (Å²) in [6, 6.07) is 10.2. The fourth-order valence-corrected chi connectivity index (χ4v) is 4.71. The third kappa shape index (κ3) is 1.64. The number of hydrogen-bond donors (Lipinski definition) is 1. The number of benzene rings is 1. The minimum atomic E-state index is -0.607. The van der Waals surface area contributed by atoms with Gasteiger partial charge in [0.25, 0.3) is 0 Å². The van der Waals surface area contributed by atoms with Crippen molar-refractivity contribution in [2.24, 2.45) is 17.3 Å². The van der Waals surface area contributed by atoms with Crippen LogP contribution in [0.5, 0.6) is 0 Å². The van der Waals surface area contributed by atoms with Crippen LogP contribution in [0.25, 0.3) is 6.08 Å². The summed E-state index contributed by atoms with van der Waals surface area (Å²) < 4.78 is 0. The molecule has 106 valence electrons. The summed E-state index contributed by atoms with van der Waals surface area (Å²) in [6.45, 7) is 0. The van der Waals surface area contributed by atoms with E-state index in [0.717, 1.165) is 32.0 Å². The van der Waals surface area contributed by atoms with Crippen LogP contribution >= 0.6 is 0 Å². The molecule has 0 bridgehead atoms. The monoisotopic (exact) mass is 270 g/mol. The van der Waals surface area contributed by atoms with E-state index in [4.69, 9.17) is 0 Å². The van der Waals surface area contributed by atoms with Crippen LogP contribution in [-0.4, -0.2) is 17.0 Å². The Labute approximate surface area is 120 Å². The van der Waals surface area contributed by atoms with Gasteiger partial charge in [-0.2, -0.15) is 0 Å². The van der Waals surface area contributed by atoms with Gasteiger partial charge in [0, 0.05) is 11.3 Å². The first-order chi connectivity index (χ1) is 9.18. The Kier molecular flexibility index (Phi) is 2.91. The maximum absolute atomic E-state index is 11.4. The average Bonchev–Trinajstić information content (AvgIpc) is 2.95. The number of carbonyl (C=O) groups excluding carboxylic acids is 1. The molecule has 0 spiro atoms. The van der Waals surface area contributed by atoms with E-state index < -0.39 is 5.60 Å². The largest absolute Gasteiger partial charge is 0.389 e. The van der Waals surface area contributed by atoms with Gasteiger partial charge in [-0.3, -0.25) is 0 Å². The maximum atomic E-state index is 11.4. The molecular formula is C18H22O2. The molecule has 0 heterocycles. The van der Waals surface area contributed by atoms with Crippen LogP contribution in [0.3, 0.4) is 0 Å². The second-order valence-electron chi connectivity index (χ2n) is 6.51. The van der Waals surface area contributed by atoms with E-state index >= 15 is 0 Å². The molecule has 0 aromatic heterocycles. The topological polar surface area (TPSA) is 37.3 Å². The molecule has 2 heteroatoms. The first kappa shape index (κ1) is 13.6. The fraction of sp³-hybridized carbons (Fsp3) is 0.500. The number of rotatable bonds is 2. The van der Waals surface area contributed by atoms with Crippen molar-refractivity contribution in [2.75, 3.05) is 0 Å².